The predicted octanol–water partition coefficient (Wildman–Crippen LogP) is 4.49. The monoisotopic (exact) mass is 375 g/mol. The molecule has 0 radical (unpaired) electrons. The number of para-hydroxylation sites is 1. The van der Waals surface area contributed by atoms with Crippen molar-refractivity contribution in [2.45, 2.75) is 27.7 Å². The van der Waals surface area contributed by atoms with Crippen LogP contribution in [0.15, 0.2) is 48.5 Å². The number of hydrogen-bond donors (Lipinski definition) is 2. The van der Waals surface area contributed by atoms with Crippen LogP contribution in [0.3, 0.4) is 0 Å². The van der Waals surface area contributed by atoms with Gasteiger partial charge in [-0.1, -0.05) is 38.1 Å². The molecule has 0 saturated carbocycles. The average Bonchev–Trinajstić information content (AvgIpc) is 2.65. The summed E-state index contributed by atoms with van der Waals surface area (Å²) >= 11 is 0. The number of carbonyl (C=O) groups excluding carboxylic acids is 2. The SMILES string of the molecule is Cc1ccc2cc(C(=O)Nc3ccccc3C(=O)NCC(C)C)c(C)nc2c1. The zero-order chi connectivity index (χ0) is 20.3. The number of aromatic nitrogens is 1. The molecule has 0 unspecified atom stereocenters. The Hall–Kier alpha value is -3.21. The van der Waals surface area contributed by atoms with Gasteiger partial charge in [0.25, 0.3) is 11.8 Å². The summed E-state index contributed by atoms with van der Waals surface area (Å²) in [6.45, 7) is 8.47. The molecular formula is C23H25N3O2. The minimum absolute atomic E-state index is 0.201. The van der Waals surface area contributed by atoms with Gasteiger partial charge in [0.15, 0.2) is 0 Å². The number of amides is 2. The van der Waals surface area contributed by atoms with Crippen LogP contribution in [0.4, 0.5) is 5.69 Å². The van der Waals surface area contributed by atoms with Gasteiger partial charge in [-0.05, 0) is 49.6 Å². The number of nitrogens with one attached hydrogen (secondary N) is 2. The van der Waals surface area contributed by atoms with Crippen LogP contribution in [0.1, 0.15) is 45.8 Å². The van der Waals surface area contributed by atoms with Crippen molar-refractivity contribution in [2.75, 3.05) is 11.9 Å². The lowest BCUT2D eigenvalue weighted by Crippen LogP contribution is -2.28. The van der Waals surface area contributed by atoms with E-state index < -0.39 is 0 Å². The van der Waals surface area contributed by atoms with Crippen LogP contribution < -0.4 is 10.6 Å². The molecule has 0 saturated heterocycles. The minimum Gasteiger partial charge on any atom is -0.352 e. The first-order valence-corrected chi connectivity index (χ1v) is 9.41. The summed E-state index contributed by atoms with van der Waals surface area (Å²) in [6.07, 6.45) is 0. The highest BCUT2D eigenvalue weighted by Gasteiger charge is 2.16. The van der Waals surface area contributed by atoms with Gasteiger partial charge in [0.05, 0.1) is 28.0 Å². The second-order valence-electron chi connectivity index (χ2n) is 7.42. The number of rotatable bonds is 5. The maximum Gasteiger partial charge on any atom is 0.257 e. The Bertz CT molecular complexity index is 1040. The predicted molar refractivity (Wildman–Crippen MR) is 113 cm³/mol. The molecule has 5 heteroatoms. The van der Waals surface area contributed by atoms with Crippen LogP contribution >= 0.6 is 0 Å². The van der Waals surface area contributed by atoms with Crippen molar-refractivity contribution in [2.24, 2.45) is 5.92 Å². The van der Waals surface area contributed by atoms with E-state index in [9.17, 15) is 9.59 Å². The summed E-state index contributed by atoms with van der Waals surface area (Å²) < 4.78 is 0. The van der Waals surface area contributed by atoms with E-state index in [4.69, 9.17) is 0 Å². The zero-order valence-electron chi connectivity index (χ0n) is 16.7. The quantitative estimate of drug-likeness (QED) is 0.690. The number of hydrogen-bond acceptors (Lipinski definition) is 3. The van der Waals surface area contributed by atoms with Crippen molar-refractivity contribution in [1.29, 1.82) is 0 Å². The van der Waals surface area contributed by atoms with E-state index in [1.165, 1.54) is 0 Å². The van der Waals surface area contributed by atoms with Crippen LogP contribution in [0.2, 0.25) is 0 Å². The van der Waals surface area contributed by atoms with Gasteiger partial charge in [0.2, 0.25) is 0 Å². The van der Waals surface area contributed by atoms with E-state index >= 15 is 0 Å². The largest absolute Gasteiger partial charge is 0.352 e. The Labute approximate surface area is 165 Å². The summed E-state index contributed by atoms with van der Waals surface area (Å²) in [6, 6.07) is 14.8. The fourth-order valence-corrected chi connectivity index (χ4v) is 2.98. The van der Waals surface area contributed by atoms with Crippen LogP contribution in [0, 0.1) is 19.8 Å². The molecule has 144 valence electrons. The Morgan fingerprint density at radius 1 is 0.964 bits per heavy atom. The number of benzene rings is 2. The van der Waals surface area contributed by atoms with Crippen molar-refractivity contribution in [3.63, 3.8) is 0 Å². The second kappa shape index (κ2) is 8.21. The van der Waals surface area contributed by atoms with E-state index in [-0.39, 0.29) is 11.8 Å². The summed E-state index contributed by atoms with van der Waals surface area (Å²) in [5.41, 5.74) is 4.06. The normalized spacial score (nSPS) is 10.9. The number of carbonyl (C=O) groups is 2. The Morgan fingerprint density at radius 2 is 1.71 bits per heavy atom. The Balaban J connectivity index is 1.87. The van der Waals surface area contributed by atoms with Gasteiger partial charge < -0.3 is 10.6 Å². The van der Waals surface area contributed by atoms with E-state index in [0.717, 1.165) is 16.5 Å². The molecule has 1 heterocycles. The molecule has 1 aromatic heterocycles. The molecular weight excluding hydrogens is 350 g/mol. The average molecular weight is 375 g/mol. The lowest BCUT2D eigenvalue weighted by molar-refractivity contribution is 0.0950. The molecule has 0 aliphatic rings. The summed E-state index contributed by atoms with van der Waals surface area (Å²) in [5, 5.41) is 6.67. The molecule has 0 fully saturated rings. The van der Waals surface area contributed by atoms with Crippen LogP contribution in [-0.2, 0) is 0 Å². The van der Waals surface area contributed by atoms with Crippen molar-refractivity contribution in [3.05, 3.63) is 70.9 Å². The highest BCUT2D eigenvalue weighted by atomic mass is 16.2. The first kappa shape index (κ1) is 19.5. The number of nitrogens with zero attached hydrogens (tertiary/aromatic N) is 1. The molecule has 2 amide bonds. The fraction of sp³-hybridized carbons (Fsp3) is 0.261. The number of anilines is 1. The molecule has 0 spiro atoms. The van der Waals surface area contributed by atoms with E-state index in [1.54, 1.807) is 24.3 Å². The maximum absolute atomic E-state index is 12.9. The Morgan fingerprint density at radius 3 is 2.46 bits per heavy atom. The third-order valence-corrected chi connectivity index (χ3v) is 4.50. The van der Waals surface area contributed by atoms with E-state index in [0.29, 0.717) is 35.0 Å². The van der Waals surface area contributed by atoms with Crippen molar-refractivity contribution in [1.82, 2.24) is 10.3 Å². The number of pyridine rings is 1. The van der Waals surface area contributed by atoms with Gasteiger partial charge in [-0.2, -0.15) is 0 Å². The molecule has 5 nitrogen and oxygen atoms in total. The van der Waals surface area contributed by atoms with Crippen LogP contribution in [0.5, 0.6) is 0 Å². The number of fused-ring (bicyclic) bond motifs is 1. The topological polar surface area (TPSA) is 71.1 Å². The van der Waals surface area contributed by atoms with Gasteiger partial charge in [-0.25, -0.2) is 0 Å². The summed E-state index contributed by atoms with van der Waals surface area (Å²) in [7, 11) is 0. The van der Waals surface area contributed by atoms with Crippen molar-refractivity contribution >= 4 is 28.4 Å². The summed E-state index contributed by atoms with van der Waals surface area (Å²) in [5.74, 6) is -0.134. The molecule has 2 N–H and O–H groups in total. The third kappa shape index (κ3) is 4.36. The van der Waals surface area contributed by atoms with Gasteiger partial charge in [-0.15, -0.1) is 0 Å². The standard InChI is InChI=1S/C23H25N3O2/c1-14(2)13-24-22(27)18-7-5-6-8-20(18)26-23(28)19-12-17-10-9-15(3)11-21(17)25-16(19)4/h5-12,14H,13H2,1-4H3,(H,24,27)(H,26,28). The van der Waals surface area contributed by atoms with E-state index in [1.807, 2.05) is 52.0 Å². The highest BCUT2D eigenvalue weighted by Crippen LogP contribution is 2.21. The maximum atomic E-state index is 12.9. The molecule has 3 rings (SSSR count). The minimum atomic E-state index is -0.281. The summed E-state index contributed by atoms with van der Waals surface area (Å²) in [4.78, 5) is 30.0. The Kier molecular flexibility index (Phi) is 5.73. The first-order valence-electron chi connectivity index (χ1n) is 9.41. The van der Waals surface area contributed by atoms with Crippen LogP contribution in [-0.4, -0.2) is 23.3 Å². The zero-order valence-corrected chi connectivity index (χ0v) is 16.7. The van der Waals surface area contributed by atoms with Crippen molar-refractivity contribution < 1.29 is 9.59 Å². The molecule has 2 aromatic carbocycles. The first-order chi connectivity index (χ1) is 13.3. The molecule has 28 heavy (non-hydrogen) atoms. The van der Waals surface area contributed by atoms with Gasteiger partial charge in [0, 0.05) is 11.9 Å². The van der Waals surface area contributed by atoms with Crippen molar-refractivity contribution in [3.8, 4) is 0 Å². The van der Waals surface area contributed by atoms with Gasteiger partial charge in [-0.3, -0.25) is 14.6 Å². The lowest BCUT2D eigenvalue weighted by Gasteiger charge is -2.13. The van der Waals surface area contributed by atoms with Crippen LogP contribution in [0.25, 0.3) is 10.9 Å². The molecule has 0 bridgehead atoms. The molecule has 0 atom stereocenters. The fourth-order valence-electron chi connectivity index (χ4n) is 2.98. The van der Waals surface area contributed by atoms with E-state index in [2.05, 4.69) is 15.6 Å². The second-order valence-corrected chi connectivity index (χ2v) is 7.42. The number of aryl methyl sites for hydroxylation is 2. The third-order valence-electron chi connectivity index (χ3n) is 4.50. The molecule has 3 aromatic rings. The lowest BCUT2D eigenvalue weighted by atomic mass is 10.1. The molecule has 0 aliphatic carbocycles. The molecule has 0 aliphatic heterocycles. The van der Waals surface area contributed by atoms with Gasteiger partial charge in [0.1, 0.15) is 0 Å². The smallest absolute Gasteiger partial charge is 0.257 e. The van der Waals surface area contributed by atoms with Gasteiger partial charge >= 0.3 is 0 Å². The highest BCUT2D eigenvalue weighted by molar-refractivity contribution is 6.10.